The Balaban J connectivity index is 2.26. The van der Waals surface area contributed by atoms with Gasteiger partial charge in [-0.05, 0) is 43.3 Å². The first-order chi connectivity index (χ1) is 12.7. The van der Waals surface area contributed by atoms with E-state index in [0.717, 1.165) is 12.1 Å². The summed E-state index contributed by atoms with van der Waals surface area (Å²) in [5.41, 5.74) is -0.180. The second-order valence-corrected chi connectivity index (χ2v) is 6.91. The average Bonchev–Trinajstić information content (AvgIpc) is 2.62. The van der Waals surface area contributed by atoms with Gasteiger partial charge in [0.25, 0.3) is 5.69 Å². The van der Waals surface area contributed by atoms with Gasteiger partial charge < -0.3 is 18.9 Å². The van der Waals surface area contributed by atoms with Gasteiger partial charge in [-0.25, -0.2) is 4.57 Å². The highest BCUT2D eigenvalue weighted by Crippen LogP contribution is 2.45. The number of hydrogen-bond acceptors (Lipinski definition) is 7. The number of carboxylic acid groups (broad SMARTS) is 1. The Morgan fingerprint density at radius 3 is 1.93 bits per heavy atom. The number of carboxylic acids is 1. The maximum absolute atomic E-state index is 13.1. The summed E-state index contributed by atoms with van der Waals surface area (Å²) in [5.74, 6) is -0.574. The maximum atomic E-state index is 13.1. The third-order valence-corrected chi connectivity index (χ3v) is 4.89. The molecule has 0 heterocycles. The Morgan fingerprint density at radius 1 is 1.07 bits per heavy atom. The number of ether oxygens (including phenoxy) is 1. The molecule has 2 rings (SSSR count). The summed E-state index contributed by atoms with van der Waals surface area (Å²) < 4.78 is 28.8. The van der Waals surface area contributed by atoms with E-state index in [9.17, 15) is 19.5 Å². The SMILES string of the molecule is COc1ccc(OP(=O)(N[C@@H](C)C(=O)O)Oc2ccc([N+](=O)[O-])cc2)cc1. The van der Waals surface area contributed by atoms with Crippen molar-refractivity contribution in [2.45, 2.75) is 13.0 Å². The first-order valence-corrected chi connectivity index (χ1v) is 9.15. The largest absolute Gasteiger partial charge is 0.513 e. The first kappa shape index (κ1) is 20.2. The second-order valence-electron chi connectivity index (χ2n) is 5.30. The van der Waals surface area contributed by atoms with Gasteiger partial charge in [-0.3, -0.25) is 14.9 Å². The molecule has 0 amide bonds. The van der Waals surface area contributed by atoms with Gasteiger partial charge >= 0.3 is 13.7 Å². The summed E-state index contributed by atoms with van der Waals surface area (Å²) in [6.45, 7) is 1.27. The topological polar surface area (TPSA) is 137 Å². The number of nitrogens with zero attached hydrogens (tertiary/aromatic N) is 1. The monoisotopic (exact) mass is 396 g/mol. The average molecular weight is 396 g/mol. The number of carbonyl (C=O) groups is 1. The summed E-state index contributed by atoms with van der Waals surface area (Å²) >= 11 is 0. The Hall–Kier alpha value is -3.10. The van der Waals surface area contributed by atoms with Crippen LogP contribution < -0.4 is 18.9 Å². The molecule has 2 atom stereocenters. The molecule has 2 N–H and O–H groups in total. The molecule has 27 heavy (non-hydrogen) atoms. The zero-order valence-corrected chi connectivity index (χ0v) is 15.3. The molecular formula is C16H17N2O8P. The highest BCUT2D eigenvalue weighted by molar-refractivity contribution is 7.52. The van der Waals surface area contributed by atoms with Gasteiger partial charge in [0, 0.05) is 12.1 Å². The van der Waals surface area contributed by atoms with Crippen molar-refractivity contribution in [1.29, 1.82) is 0 Å². The summed E-state index contributed by atoms with van der Waals surface area (Å²) in [6.07, 6.45) is 0. The molecule has 0 aliphatic rings. The zero-order valence-electron chi connectivity index (χ0n) is 14.4. The van der Waals surface area contributed by atoms with E-state index in [4.69, 9.17) is 18.9 Å². The van der Waals surface area contributed by atoms with Gasteiger partial charge in [0.1, 0.15) is 23.3 Å². The lowest BCUT2D eigenvalue weighted by atomic mass is 10.3. The third-order valence-electron chi connectivity index (χ3n) is 3.28. The van der Waals surface area contributed by atoms with Crippen LogP contribution in [-0.4, -0.2) is 29.2 Å². The highest BCUT2D eigenvalue weighted by atomic mass is 31.2. The second kappa shape index (κ2) is 8.52. The fraction of sp³-hybridized carbons (Fsp3) is 0.188. The zero-order chi connectivity index (χ0) is 20.0. The number of nitro benzene ring substituents is 1. The summed E-state index contributed by atoms with van der Waals surface area (Å²) in [4.78, 5) is 21.2. The minimum absolute atomic E-state index is 0.00235. The van der Waals surface area contributed by atoms with Crippen molar-refractivity contribution in [3.8, 4) is 17.2 Å². The van der Waals surface area contributed by atoms with Gasteiger partial charge in [0.2, 0.25) is 0 Å². The molecule has 2 aromatic carbocycles. The summed E-state index contributed by atoms with van der Waals surface area (Å²) in [5, 5.41) is 22.1. The number of benzene rings is 2. The molecule has 0 aliphatic heterocycles. The van der Waals surface area contributed by atoms with Gasteiger partial charge in [-0.15, -0.1) is 0 Å². The quantitative estimate of drug-likeness (QED) is 0.372. The number of nitrogens with one attached hydrogen (secondary N) is 1. The van der Waals surface area contributed by atoms with Crippen LogP contribution in [0.15, 0.2) is 48.5 Å². The normalized spacial score (nSPS) is 13.9. The molecule has 0 saturated carbocycles. The summed E-state index contributed by atoms with van der Waals surface area (Å²) in [6, 6.07) is 9.60. The van der Waals surface area contributed by atoms with Gasteiger partial charge in [-0.2, -0.15) is 5.09 Å². The number of nitro groups is 1. The van der Waals surface area contributed by atoms with Crippen molar-refractivity contribution in [1.82, 2.24) is 5.09 Å². The van der Waals surface area contributed by atoms with E-state index in [2.05, 4.69) is 5.09 Å². The van der Waals surface area contributed by atoms with Crippen LogP contribution in [0.2, 0.25) is 0 Å². The predicted molar refractivity (Wildman–Crippen MR) is 95.2 cm³/mol. The number of non-ortho nitro benzene ring substituents is 1. The van der Waals surface area contributed by atoms with Crippen LogP contribution in [0.4, 0.5) is 5.69 Å². The molecule has 11 heteroatoms. The molecule has 0 fully saturated rings. The molecule has 0 radical (unpaired) electrons. The number of rotatable bonds is 9. The van der Waals surface area contributed by atoms with E-state index < -0.39 is 24.7 Å². The van der Waals surface area contributed by atoms with Crippen LogP contribution in [0, 0.1) is 10.1 Å². The van der Waals surface area contributed by atoms with Gasteiger partial charge in [0.05, 0.1) is 12.0 Å². The molecule has 0 spiro atoms. The Labute approximate surface area is 154 Å². The lowest BCUT2D eigenvalue weighted by molar-refractivity contribution is -0.384. The number of methoxy groups -OCH3 is 1. The minimum atomic E-state index is -4.18. The third kappa shape index (κ3) is 5.70. The molecule has 10 nitrogen and oxygen atoms in total. The van der Waals surface area contributed by atoms with Crippen LogP contribution in [0.3, 0.4) is 0 Å². The predicted octanol–water partition coefficient (Wildman–Crippen LogP) is 3.23. The first-order valence-electron chi connectivity index (χ1n) is 7.61. The Morgan fingerprint density at radius 2 is 1.52 bits per heavy atom. The van der Waals surface area contributed by atoms with Crippen molar-refractivity contribution in [2.24, 2.45) is 0 Å². The fourth-order valence-electron chi connectivity index (χ4n) is 1.91. The van der Waals surface area contributed by atoms with E-state index >= 15 is 0 Å². The van der Waals surface area contributed by atoms with Crippen molar-refractivity contribution in [3.05, 3.63) is 58.6 Å². The molecule has 0 bridgehead atoms. The van der Waals surface area contributed by atoms with Crippen LogP contribution >= 0.6 is 7.75 Å². The van der Waals surface area contributed by atoms with Crippen molar-refractivity contribution < 1.29 is 33.2 Å². The minimum Gasteiger partial charge on any atom is -0.497 e. The number of hydrogen-bond donors (Lipinski definition) is 2. The molecule has 2 aromatic rings. The lowest BCUT2D eigenvalue weighted by Gasteiger charge is -2.22. The summed E-state index contributed by atoms with van der Waals surface area (Å²) in [7, 11) is -2.70. The Bertz CT molecular complexity index is 854. The molecule has 1 unspecified atom stereocenters. The standard InChI is InChI=1S/C16H17N2O8P/c1-11(16(19)20)17-27(23,26-15-9-7-13(24-2)8-10-15)25-14-5-3-12(4-6-14)18(21)22/h3-11H,1-2H3,(H,17,23)(H,19,20)/t11-,27?/m0/s1. The van der Waals surface area contributed by atoms with Gasteiger partial charge in [-0.1, -0.05) is 0 Å². The molecule has 0 saturated heterocycles. The lowest BCUT2D eigenvalue weighted by Crippen LogP contribution is -2.34. The van der Waals surface area contributed by atoms with E-state index in [-0.39, 0.29) is 17.2 Å². The van der Waals surface area contributed by atoms with Crippen molar-refractivity contribution in [3.63, 3.8) is 0 Å². The van der Waals surface area contributed by atoms with Crippen LogP contribution in [-0.2, 0) is 9.36 Å². The molecule has 0 aliphatic carbocycles. The van der Waals surface area contributed by atoms with Gasteiger partial charge in [0.15, 0.2) is 0 Å². The van der Waals surface area contributed by atoms with Crippen molar-refractivity contribution >= 4 is 19.4 Å². The van der Waals surface area contributed by atoms with Crippen LogP contribution in [0.1, 0.15) is 6.92 Å². The number of aliphatic carboxylic acids is 1. The fourth-order valence-corrected chi connectivity index (χ4v) is 3.43. The molecule has 144 valence electrons. The highest BCUT2D eigenvalue weighted by Gasteiger charge is 2.33. The maximum Gasteiger partial charge on any atom is 0.513 e. The van der Waals surface area contributed by atoms with Crippen LogP contribution in [0.25, 0.3) is 0 Å². The molecular weight excluding hydrogens is 379 g/mol. The van der Waals surface area contributed by atoms with E-state index in [1.54, 1.807) is 12.1 Å². The van der Waals surface area contributed by atoms with E-state index in [0.29, 0.717) is 5.75 Å². The molecule has 0 aromatic heterocycles. The van der Waals surface area contributed by atoms with E-state index in [1.165, 1.54) is 38.3 Å². The van der Waals surface area contributed by atoms with E-state index in [1.807, 2.05) is 0 Å². The smallest absolute Gasteiger partial charge is 0.497 e. The Kier molecular flexibility index (Phi) is 6.38. The van der Waals surface area contributed by atoms with Crippen molar-refractivity contribution in [2.75, 3.05) is 7.11 Å². The van der Waals surface area contributed by atoms with Crippen LogP contribution in [0.5, 0.6) is 17.2 Å².